The molecule has 1 aromatic heterocycles. The number of anilines is 2. The summed E-state index contributed by atoms with van der Waals surface area (Å²) in [6, 6.07) is 16.4. The van der Waals surface area contributed by atoms with Crippen molar-refractivity contribution in [2.75, 3.05) is 17.2 Å². The fourth-order valence-electron chi connectivity index (χ4n) is 6.18. The number of ketones is 1. The van der Waals surface area contributed by atoms with Gasteiger partial charge >= 0.3 is 0 Å². The number of fused-ring (bicyclic) bond motifs is 1. The second-order valence-corrected chi connectivity index (χ2v) is 11.1. The Balaban J connectivity index is 1.21. The topological polar surface area (TPSA) is 74.0 Å². The van der Waals surface area contributed by atoms with Crippen molar-refractivity contribution in [3.63, 3.8) is 0 Å². The van der Waals surface area contributed by atoms with Gasteiger partial charge in [0.1, 0.15) is 0 Å². The Morgan fingerprint density at radius 1 is 0.806 bits per heavy atom. The quantitative estimate of drug-likeness (QED) is 0.326. The minimum absolute atomic E-state index is 0.113. The van der Waals surface area contributed by atoms with Crippen molar-refractivity contribution in [2.24, 2.45) is 23.7 Å². The van der Waals surface area contributed by atoms with Crippen molar-refractivity contribution in [3.05, 3.63) is 48.5 Å². The van der Waals surface area contributed by atoms with E-state index in [1.165, 1.54) is 25.7 Å². The van der Waals surface area contributed by atoms with E-state index in [-0.39, 0.29) is 17.7 Å². The summed E-state index contributed by atoms with van der Waals surface area (Å²) in [5.41, 5.74) is 4.94. The van der Waals surface area contributed by atoms with Crippen molar-refractivity contribution >= 4 is 34.0 Å². The molecular weight excluding hydrogens is 446 g/mol. The number of aromatic amines is 1. The first-order chi connectivity index (χ1) is 17.5. The van der Waals surface area contributed by atoms with Crippen LogP contribution in [0.25, 0.3) is 22.2 Å². The standard InChI is InChI=1S/C31H39N3O2/c1-20-7-3-5-9-26(20)30(35)19-32-24-14-11-22(12-15-24)28-17-23-13-16-25(18-29(23)34-28)33-31(36)27-10-6-4-8-21(27)2/h11-18,20-21,26-27,32,34H,3-10,19H2,1-2H3,(H,33,36). The first-order valence-corrected chi connectivity index (χ1v) is 13.8. The van der Waals surface area contributed by atoms with Crippen LogP contribution < -0.4 is 10.6 Å². The smallest absolute Gasteiger partial charge is 0.227 e. The zero-order valence-corrected chi connectivity index (χ0v) is 21.6. The molecule has 1 amide bonds. The van der Waals surface area contributed by atoms with E-state index in [0.717, 1.165) is 59.2 Å². The van der Waals surface area contributed by atoms with E-state index in [4.69, 9.17) is 0 Å². The Kier molecular flexibility index (Phi) is 7.45. The monoisotopic (exact) mass is 485 g/mol. The highest BCUT2D eigenvalue weighted by Gasteiger charge is 2.28. The number of hydrogen-bond acceptors (Lipinski definition) is 3. The van der Waals surface area contributed by atoms with Gasteiger partial charge in [-0.1, -0.05) is 64.2 Å². The molecule has 36 heavy (non-hydrogen) atoms. The van der Waals surface area contributed by atoms with E-state index in [0.29, 0.717) is 24.2 Å². The summed E-state index contributed by atoms with van der Waals surface area (Å²) in [4.78, 5) is 29.0. The van der Waals surface area contributed by atoms with Crippen LogP contribution in [0, 0.1) is 23.7 Å². The van der Waals surface area contributed by atoms with E-state index in [1.54, 1.807) is 0 Å². The van der Waals surface area contributed by atoms with E-state index in [1.807, 2.05) is 24.3 Å². The molecule has 2 aliphatic rings. The summed E-state index contributed by atoms with van der Waals surface area (Å²) >= 11 is 0. The average molecular weight is 486 g/mol. The minimum atomic E-state index is 0.113. The fourth-order valence-corrected chi connectivity index (χ4v) is 6.18. The molecule has 0 bridgehead atoms. The molecule has 2 aliphatic carbocycles. The molecule has 4 atom stereocenters. The summed E-state index contributed by atoms with van der Waals surface area (Å²) in [7, 11) is 0. The van der Waals surface area contributed by atoms with Crippen molar-refractivity contribution in [1.29, 1.82) is 0 Å². The third-order valence-corrected chi connectivity index (χ3v) is 8.53. The van der Waals surface area contributed by atoms with E-state index >= 15 is 0 Å². The summed E-state index contributed by atoms with van der Waals surface area (Å²) in [5, 5.41) is 7.58. The zero-order chi connectivity index (χ0) is 25.1. The lowest BCUT2D eigenvalue weighted by Gasteiger charge is -2.27. The summed E-state index contributed by atoms with van der Waals surface area (Å²) in [6.07, 6.45) is 9.14. The lowest BCUT2D eigenvalue weighted by Crippen LogP contribution is -2.30. The highest BCUT2D eigenvalue weighted by molar-refractivity contribution is 5.96. The highest BCUT2D eigenvalue weighted by atomic mass is 16.2. The number of hydrogen-bond donors (Lipinski definition) is 3. The Morgan fingerprint density at radius 2 is 1.44 bits per heavy atom. The summed E-state index contributed by atoms with van der Waals surface area (Å²) < 4.78 is 0. The Morgan fingerprint density at radius 3 is 2.14 bits per heavy atom. The van der Waals surface area contributed by atoms with Crippen molar-refractivity contribution in [1.82, 2.24) is 4.98 Å². The number of rotatable bonds is 7. The zero-order valence-electron chi connectivity index (χ0n) is 21.6. The predicted octanol–water partition coefficient (Wildman–Crippen LogP) is 7.41. The second-order valence-electron chi connectivity index (χ2n) is 11.1. The molecule has 0 aliphatic heterocycles. The van der Waals surface area contributed by atoms with Gasteiger partial charge in [-0.05, 0) is 67.0 Å². The molecule has 4 unspecified atom stereocenters. The molecule has 190 valence electrons. The maximum atomic E-state index is 12.8. The Labute approximate surface area is 214 Å². The van der Waals surface area contributed by atoms with Gasteiger partial charge in [-0.3, -0.25) is 9.59 Å². The van der Waals surface area contributed by atoms with Crippen LogP contribution in [0.3, 0.4) is 0 Å². The van der Waals surface area contributed by atoms with Crippen LogP contribution in [0.15, 0.2) is 48.5 Å². The lowest BCUT2D eigenvalue weighted by atomic mass is 9.78. The highest BCUT2D eigenvalue weighted by Crippen LogP contribution is 2.32. The number of Topliss-reactive ketones (excluding diaryl/α,β-unsaturated/α-hetero) is 1. The van der Waals surface area contributed by atoms with Crippen LogP contribution >= 0.6 is 0 Å². The van der Waals surface area contributed by atoms with Crippen molar-refractivity contribution in [3.8, 4) is 11.3 Å². The van der Waals surface area contributed by atoms with Crippen LogP contribution in [0.2, 0.25) is 0 Å². The Hall–Kier alpha value is -3.08. The average Bonchev–Trinajstić information content (AvgIpc) is 3.31. The molecule has 5 nitrogen and oxygen atoms in total. The number of carbonyl (C=O) groups is 2. The molecule has 0 spiro atoms. The number of amides is 1. The van der Waals surface area contributed by atoms with Crippen LogP contribution in [0.4, 0.5) is 11.4 Å². The minimum Gasteiger partial charge on any atom is -0.378 e. The maximum Gasteiger partial charge on any atom is 0.227 e. The maximum absolute atomic E-state index is 12.8. The van der Waals surface area contributed by atoms with Gasteiger partial charge in [0.2, 0.25) is 5.91 Å². The molecule has 3 aromatic rings. The summed E-state index contributed by atoms with van der Waals surface area (Å²) in [6.45, 7) is 4.81. The van der Waals surface area contributed by atoms with E-state index < -0.39 is 0 Å². The molecule has 0 saturated heterocycles. The van der Waals surface area contributed by atoms with Crippen LogP contribution in [-0.2, 0) is 9.59 Å². The molecule has 5 rings (SSSR count). The largest absolute Gasteiger partial charge is 0.378 e. The van der Waals surface area contributed by atoms with Gasteiger partial charge in [0.15, 0.2) is 5.78 Å². The normalized spacial score (nSPS) is 24.4. The molecule has 3 N–H and O–H groups in total. The number of carbonyl (C=O) groups excluding carboxylic acids is 2. The molecule has 2 saturated carbocycles. The van der Waals surface area contributed by atoms with Gasteiger partial charge in [-0.15, -0.1) is 0 Å². The lowest BCUT2D eigenvalue weighted by molar-refractivity contribution is -0.123. The molecule has 1 heterocycles. The fraction of sp³-hybridized carbons (Fsp3) is 0.484. The predicted molar refractivity (Wildman–Crippen MR) is 148 cm³/mol. The molecule has 2 aromatic carbocycles. The van der Waals surface area contributed by atoms with E-state index in [2.05, 4.69) is 53.7 Å². The summed E-state index contributed by atoms with van der Waals surface area (Å²) in [5.74, 6) is 1.75. The number of aromatic nitrogens is 1. The van der Waals surface area contributed by atoms with Gasteiger partial charge in [0.05, 0.1) is 6.54 Å². The number of H-pyrrole nitrogens is 1. The first kappa shape index (κ1) is 24.6. The van der Waals surface area contributed by atoms with Gasteiger partial charge in [-0.2, -0.15) is 0 Å². The van der Waals surface area contributed by atoms with Gasteiger partial charge in [0.25, 0.3) is 0 Å². The molecule has 0 radical (unpaired) electrons. The third-order valence-electron chi connectivity index (χ3n) is 8.53. The van der Waals surface area contributed by atoms with Crippen molar-refractivity contribution in [2.45, 2.75) is 65.2 Å². The molecule has 2 fully saturated rings. The van der Waals surface area contributed by atoms with Crippen molar-refractivity contribution < 1.29 is 9.59 Å². The molecular formula is C31H39N3O2. The first-order valence-electron chi connectivity index (χ1n) is 13.8. The number of nitrogens with one attached hydrogen (secondary N) is 3. The van der Waals surface area contributed by atoms with Gasteiger partial charge in [0, 0.05) is 39.8 Å². The van der Waals surface area contributed by atoms with E-state index in [9.17, 15) is 9.59 Å². The second kappa shape index (κ2) is 10.9. The van der Waals surface area contributed by atoms with Crippen LogP contribution in [0.1, 0.15) is 65.2 Å². The van der Waals surface area contributed by atoms with Crippen LogP contribution in [-0.4, -0.2) is 23.2 Å². The van der Waals surface area contributed by atoms with Gasteiger partial charge < -0.3 is 15.6 Å². The third kappa shape index (κ3) is 5.50. The van der Waals surface area contributed by atoms with Gasteiger partial charge in [-0.25, -0.2) is 0 Å². The van der Waals surface area contributed by atoms with Crippen LogP contribution in [0.5, 0.6) is 0 Å². The molecule has 5 heteroatoms. The Bertz CT molecular complexity index is 1210. The SMILES string of the molecule is CC1CCCCC1C(=O)CNc1ccc(-c2cc3ccc(NC(=O)C4CCCCC4C)cc3[nH]2)cc1. The number of benzene rings is 2.